The number of aryl methyl sites for hydroxylation is 1. The number of carbonyl (C=O) groups is 3. The molecule has 3 rings (SSSR count). The normalized spacial score (nSPS) is 23.0. The molecule has 2 amide bonds. The molecule has 0 unspecified atom stereocenters. The van der Waals surface area contributed by atoms with Gasteiger partial charge in [-0.25, -0.2) is 4.98 Å². The molecule has 0 saturated carbocycles. The van der Waals surface area contributed by atoms with Gasteiger partial charge in [0.2, 0.25) is 11.8 Å². The van der Waals surface area contributed by atoms with Crippen molar-refractivity contribution in [2.24, 2.45) is 5.92 Å². The van der Waals surface area contributed by atoms with E-state index in [-0.39, 0.29) is 18.2 Å². The topological polar surface area (TPSA) is 109 Å². The summed E-state index contributed by atoms with van der Waals surface area (Å²) in [4.78, 5) is 43.0. The van der Waals surface area contributed by atoms with Crippen LogP contribution in [-0.4, -0.2) is 73.1 Å². The van der Waals surface area contributed by atoms with Gasteiger partial charge in [0.05, 0.1) is 18.0 Å². The van der Waals surface area contributed by atoms with Gasteiger partial charge in [-0.15, -0.1) is 0 Å². The second-order valence-corrected chi connectivity index (χ2v) is 6.44. The molecule has 1 spiro atoms. The van der Waals surface area contributed by atoms with Crippen molar-refractivity contribution >= 4 is 17.8 Å². The minimum atomic E-state index is -0.932. The van der Waals surface area contributed by atoms with Crippen LogP contribution in [0.2, 0.25) is 0 Å². The lowest BCUT2D eigenvalue weighted by molar-refractivity contribution is -0.147. The molecule has 3 heterocycles. The first-order valence-electron chi connectivity index (χ1n) is 8.04. The third kappa shape index (κ3) is 2.74. The Morgan fingerprint density at radius 1 is 1.38 bits per heavy atom. The Labute approximate surface area is 139 Å². The molecule has 1 aromatic rings. The number of likely N-dealkylation sites (tertiary alicyclic amines) is 2. The number of hydrogen-bond donors (Lipinski definition) is 1. The number of piperidine rings is 1. The first kappa shape index (κ1) is 16.4. The zero-order chi connectivity index (χ0) is 17.3. The number of rotatable bonds is 4. The fraction of sp³-hybridized carbons (Fsp3) is 0.667. The van der Waals surface area contributed by atoms with Crippen LogP contribution in [0.3, 0.4) is 0 Å². The van der Waals surface area contributed by atoms with E-state index in [0.29, 0.717) is 38.9 Å². The summed E-state index contributed by atoms with van der Waals surface area (Å²) in [5.41, 5.74) is -0.661. The molecule has 2 aliphatic rings. The van der Waals surface area contributed by atoms with Crippen molar-refractivity contribution in [2.75, 3.05) is 20.1 Å². The maximum absolute atomic E-state index is 12.3. The number of aliphatic carboxylic acids is 1. The van der Waals surface area contributed by atoms with E-state index in [2.05, 4.69) is 10.1 Å². The first-order chi connectivity index (χ1) is 11.4. The van der Waals surface area contributed by atoms with Crippen LogP contribution in [0.1, 0.15) is 25.7 Å². The van der Waals surface area contributed by atoms with Crippen LogP contribution in [0.15, 0.2) is 12.7 Å². The molecule has 0 aliphatic carbocycles. The number of nitrogens with zero attached hydrogens (tertiary/aromatic N) is 5. The van der Waals surface area contributed by atoms with Crippen LogP contribution in [0.4, 0.5) is 0 Å². The third-order valence-corrected chi connectivity index (χ3v) is 5.37. The average Bonchev–Trinajstić information content (AvgIpc) is 3.17. The van der Waals surface area contributed by atoms with Gasteiger partial charge in [0.15, 0.2) is 0 Å². The Kier molecular flexibility index (Phi) is 4.25. The monoisotopic (exact) mass is 335 g/mol. The molecule has 2 saturated heterocycles. The fourth-order valence-electron chi connectivity index (χ4n) is 3.84. The standard InChI is InChI=1S/C15H21N5O4/c1-18-13(22)8-11(14(23)24)15(18)3-6-19(7-4-15)12(21)2-5-20-10-16-9-17-20/h9-11H,2-8H2,1H3,(H,23,24)/t11-/m1/s1. The highest BCUT2D eigenvalue weighted by atomic mass is 16.4. The minimum absolute atomic E-state index is 0.0131. The highest BCUT2D eigenvalue weighted by Crippen LogP contribution is 2.42. The van der Waals surface area contributed by atoms with Crippen LogP contribution in [0.5, 0.6) is 0 Å². The van der Waals surface area contributed by atoms with Gasteiger partial charge >= 0.3 is 5.97 Å². The molecule has 2 aliphatic heterocycles. The number of carbonyl (C=O) groups excluding carboxylic acids is 2. The Bertz CT molecular complexity index is 636. The Hall–Kier alpha value is -2.45. The summed E-state index contributed by atoms with van der Waals surface area (Å²) in [7, 11) is 1.67. The van der Waals surface area contributed by atoms with Crippen LogP contribution >= 0.6 is 0 Å². The molecule has 1 N–H and O–H groups in total. The van der Waals surface area contributed by atoms with Gasteiger partial charge in [0, 0.05) is 33.0 Å². The van der Waals surface area contributed by atoms with Crippen molar-refractivity contribution < 1.29 is 19.5 Å². The van der Waals surface area contributed by atoms with Crippen molar-refractivity contribution in [1.82, 2.24) is 24.6 Å². The molecule has 0 aromatic carbocycles. The summed E-state index contributed by atoms with van der Waals surface area (Å²) in [5, 5.41) is 13.4. The summed E-state index contributed by atoms with van der Waals surface area (Å²) in [6.07, 6.45) is 4.37. The summed E-state index contributed by atoms with van der Waals surface area (Å²) in [6, 6.07) is 0. The number of carboxylic acids is 1. The first-order valence-corrected chi connectivity index (χ1v) is 8.04. The van der Waals surface area contributed by atoms with E-state index in [1.54, 1.807) is 27.9 Å². The quantitative estimate of drug-likeness (QED) is 0.801. The highest BCUT2D eigenvalue weighted by molar-refractivity contribution is 5.88. The van der Waals surface area contributed by atoms with Gasteiger partial charge in [-0.05, 0) is 12.8 Å². The second-order valence-electron chi connectivity index (χ2n) is 6.44. The van der Waals surface area contributed by atoms with Crippen molar-refractivity contribution in [3.8, 4) is 0 Å². The average molecular weight is 335 g/mol. The van der Waals surface area contributed by atoms with E-state index in [9.17, 15) is 19.5 Å². The van der Waals surface area contributed by atoms with Crippen LogP contribution in [0, 0.1) is 5.92 Å². The number of aromatic nitrogens is 3. The lowest BCUT2D eigenvalue weighted by atomic mass is 9.77. The van der Waals surface area contributed by atoms with E-state index in [1.165, 1.54) is 6.33 Å². The highest BCUT2D eigenvalue weighted by Gasteiger charge is 2.55. The van der Waals surface area contributed by atoms with Gasteiger partial charge in [0.25, 0.3) is 0 Å². The smallest absolute Gasteiger partial charge is 0.309 e. The van der Waals surface area contributed by atoms with E-state index < -0.39 is 17.4 Å². The van der Waals surface area contributed by atoms with E-state index in [1.807, 2.05) is 0 Å². The molecule has 0 radical (unpaired) electrons. The molecule has 2 fully saturated rings. The Balaban J connectivity index is 1.61. The number of carboxylic acid groups (broad SMARTS) is 1. The van der Waals surface area contributed by atoms with Crippen molar-refractivity contribution in [3.63, 3.8) is 0 Å². The summed E-state index contributed by atoms with van der Waals surface area (Å²) < 4.78 is 1.60. The number of amides is 2. The van der Waals surface area contributed by atoms with E-state index >= 15 is 0 Å². The Morgan fingerprint density at radius 3 is 2.67 bits per heavy atom. The van der Waals surface area contributed by atoms with Crippen molar-refractivity contribution in [3.05, 3.63) is 12.7 Å². The predicted molar refractivity (Wildman–Crippen MR) is 81.7 cm³/mol. The lowest BCUT2D eigenvalue weighted by Gasteiger charge is -2.45. The number of hydrogen-bond acceptors (Lipinski definition) is 5. The van der Waals surface area contributed by atoms with Gasteiger partial charge in [-0.2, -0.15) is 5.10 Å². The predicted octanol–water partition coefficient (Wildman–Crippen LogP) is -0.408. The van der Waals surface area contributed by atoms with Crippen LogP contribution in [0.25, 0.3) is 0 Å². The molecule has 1 atom stereocenters. The second kappa shape index (κ2) is 6.21. The molecule has 130 valence electrons. The molecule has 9 nitrogen and oxygen atoms in total. The van der Waals surface area contributed by atoms with E-state index in [0.717, 1.165) is 0 Å². The third-order valence-electron chi connectivity index (χ3n) is 5.37. The van der Waals surface area contributed by atoms with Gasteiger partial charge in [0.1, 0.15) is 12.7 Å². The zero-order valence-corrected chi connectivity index (χ0v) is 13.6. The minimum Gasteiger partial charge on any atom is -0.481 e. The molecular weight excluding hydrogens is 314 g/mol. The Morgan fingerprint density at radius 2 is 2.08 bits per heavy atom. The molecule has 24 heavy (non-hydrogen) atoms. The lowest BCUT2D eigenvalue weighted by Crippen LogP contribution is -2.57. The largest absolute Gasteiger partial charge is 0.481 e. The summed E-state index contributed by atoms with van der Waals surface area (Å²) in [6.45, 7) is 1.41. The van der Waals surface area contributed by atoms with Crippen LogP contribution in [-0.2, 0) is 20.9 Å². The van der Waals surface area contributed by atoms with Crippen molar-refractivity contribution in [2.45, 2.75) is 37.8 Å². The molecule has 9 heteroatoms. The fourth-order valence-corrected chi connectivity index (χ4v) is 3.84. The SMILES string of the molecule is CN1C(=O)C[C@H](C(=O)O)C12CCN(C(=O)CCn1cncn1)CC2. The van der Waals surface area contributed by atoms with Gasteiger partial charge in [-0.1, -0.05) is 0 Å². The maximum atomic E-state index is 12.3. The molecule has 0 bridgehead atoms. The maximum Gasteiger partial charge on any atom is 0.309 e. The zero-order valence-electron chi connectivity index (χ0n) is 13.6. The summed E-state index contributed by atoms with van der Waals surface area (Å²) >= 11 is 0. The summed E-state index contributed by atoms with van der Waals surface area (Å²) in [5.74, 6) is -1.74. The molecule has 1 aromatic heterocycles. The van der Waals surface area contributed by atoms with Gasteiger partial charge < -0.3 is 14.9 Å². The van der Waals surface area contributed by atoms with E-state index in [4.69, 9.17) is 0 Å². The van der Waals surface area contributed by atoms with Crippen LogP contribution < -0.4 is 0 Å². The van der Waals surface area contributed by atoms with Crippen molar-refractivity contribution in [1.29, 1.82) is 0 Å². The van der Waals surface area contributed by atoms with Gasteiger partial charge in [-0.3, -0.25) is 19.1 Å². The molecular formula is C15H21N5O4.